The minimum atomic E-state index is 0.137. The molecule has 4 heteroatoms. The maximum atomic E-state index is 11.8. The van der Waals surface area contributed by atoms with E-state index in [0.29, 0.717) is 31.0 Å². The van der Waals surface area contributed by atoms with E-state index in [2.05, 4.69) is 10.6 Å². The van der Waals surface area contributed by atoms with Gasteiger partial charge in [0.2, 0.25) is 5.91 Å². The van der Waals surface area contributed by atoms with Gasteiger partial charge in [0.25, 0.3) is 0 Å². The van der Waals surface area contributed by atoms with E-state index in [9.17, 15) is 4.79 Å². The van der Waals surface area contributed by atoms with E-state index in [0.717, 1.165) is 12.8 Å². The Morgan fingerprint density at radius 3 is 2.65 bits per heavy atom. The van der Waals surface area contributed by atoms with E-state index in [-0.39, 0.29) is 18.4 Å². The number of carbonyl (C=O) groups is 1. The van der Waals surface area contributed by atoms with Crippen LogP contribution in [0.5, 0.6) is 0 Å². The Morgan fingerprint density at radius 2 is 2.06 bits per heavy atom. The van der Waals surface area contributed by atoms with Crippen LogP contribution in [-0.2, 0) is 4.79 Å². The molecule has 2 aliphatic heterocycles. The average Bonchev–Trinajstić information content (AvgIpc) is 2.65. The first-order valence-corrected chi connectivity index (χ1v) is 6.81. The summed E-state index contributed by atoms with van der Waals surface area (Å²) < 4.78 is 0. The number of nitrogens with one attached hydrogen (secondary N) is 2. The second-order valence-electron chi connectivity index (χ2n) is 5.77. The van der Waals surface area contributed by atoms with E-state index >= 15 is 0 Å². The van der Waals surface area contributed by atoms with E-state index in [1.54, 1.807) is 0 Å². The molecule has 0 aromatic carbocycles. The SMILES string of the molecule is CC(CO)CNC(=O)CC1CC2CCC(C1)N2. The van der Waals surface area contributed by atoms with Gasteiger partial charge >= 0.3 is 0 Å². The molecule has 1 amide bonds. The third kappa shape index (κ3) is 3.68. The number of hydrogen-bond acceptors (Lipinski definition) is 3. The smallest absolute Gasteiger partial charge is 0.220 e. The molecule has 0 aliphatic carbocycles. The van der Waals surface area contributed by atoms with Gasteiger partial charge in [0.1, 0.15) is 0 Å². The predicted octanol–water partition coefficient (Wildman–Crippen LogP) is 0.652. The Kier molecular flexibility index (Phi) is 4.40. The summed E-state index contributed by atoms with van der Waals surface area (Å²) in [4.78, 5) is 11.8. The molecule has 2 saturated heterocycles. The van der Waals surface area contributed by atoms with Gasteiger partial charge in [-0.25, -0.2) is 0 Å². The maximum Gasteiger partial charge on any atom is 0.220 e. The van der Waals surface area contributed by atoms with Crippen molar-refractivity contribution in [3.05, 3.63) is 0 Å². The van der Waals surface area contributed by atoms with Gasteiger partial charge in [-0.3, -0.25) is 4.79 Å². The largest absolute Gasteiger partial charge is 0.396 e. The molecule has 17 heavy (non-hydrogen) atoms. The van der Waals surface area contributed by atoms with Crippen LogP contribution in [0.4, 0.5) is 0 Å². The Labute approximate surface area is 103 Å². The molecule has 3 atom stereocenters. The molecule has 2 rings (SSSR count). The van der Waals surface area contributed by atoms with Gasteiger partial charge in [0.15, 0.2) is 0 Å². The van der Waals surface area contributed by atoms with Crippen LogP contribution in [0, 0.1) is 11.8 Å². The molecule has 2 fully saturated rings. The van der Waals surface area contributed by atoms with Gasteiger partial charge in [0, 0.05) is 31.7 Å². The highest BCUT2D eigenvalue weighted by atomic mass is 16.3. The lowest BCUT2D eigenvalue weighted by Crippen LogP contribution is -2.40. The molecule has 0 spiro atoms. The third-order valence-corrected chi connectivity index (χ3v) is 4.00. The zero-order chi connectivity index (χ0) is 12.3. The number of aliphatic hydroxyl groups excluding tert-OH is 1. The molecule has 0 radical (unpaired) electrons. The van der Waals surface area contributed by atoms with Crippen molar-refractivity contribution >= 4 is 5.91 Å². The first-order valence-electron chi connectivity index (χ1n) is 6.81. The molecule has 0 aromatic rings. The van der Waals surface area contributed by atoms with Gasteiger partial charge in [-0.1, -0.05) is 6.92 Å². The Bertz CT molecular complexity index is 258. The summed E-state index contributed by atoms with van der Waals surface area (Å²) in [7, 11) is 0. The fraction of sp³-hybridized carbons (Fsp3) is 0.923. The summed E-state index contributed by atoms with van der Waals surface area (Å²) in [5.74, 6) is 0.859. The summed E-state index contributed by atoms with van der Waals surface area (Å²) in [6, 6.07) is 1.31. The molecule has 98 valence electrons. The average molecular weight is 240 g/mol. The van der Waals surface area contributed by atoms with Crippen LogP contribution in [0.2, 0.25) is 0 Å². The number of aliphatic hydroxyl groups is 1. The minimum Gasteiger partial charge on any atom is -0.396 e. The molecule has 3 N–H and O–H groups in total. The van der Waals surface area contributed by atoms with Crippen molar-refractivity contribution in [2.24, 2.45) is 11.8 Å². The molecule has 0 aromatic heterocycles. The summed E-state index contributed by atoms with van der Waals surface area (Å²) >= 11 is 0. The molecular formula is C13H24N2O2. The van der Waals surface area contributed by atoms with Crippen LogP contribution in [-0.4, -0.2) is 36.2 Å². The topological polar surface area (TPSA) is 61.4 Å². The molecule has 3 unspecified atom stereocenters. The lowest BCUT2D eigenvalue weighted by molar-refractivity contribution is -0.122. The van der Waals surface area contributed by atoms with E-state index in [1.165, 1.54) is 12.8 Å². The number of fused-ring (bicyclic) bond motifs is 2. The van der Waals surface area contributed by atoms with Crippen molar-refractivity contribution in [3.8, 4) is 0 Å². The van der Waals surface area contributed by atoms with Crippen LogP contribution in [0.15, 0.2) is 0 Å². The molecule has 2 aliphatic rings. The van der Waals surface area contributed by atoms with Crippen molar-refractivity contribution in [1.82, 2.24) is 10.6 Å². The van der Waals surface area contributed by atoms with E-state index < -0.39 is 0 Å². The van der Waals surface area contributed by atoms with Crippen molar-refractivity contribution in [2.75, 3.05) is 13.2 Å². The number of rotatable bonds is 5. The summed E-state index contributed by atoms with van der Waals surface area (Å²) in [6.45, 7) is 2.66. The Morgan fingerprint density at radius 1 is 1.41 bits per heavy atom. The van der Waals surface area contributed by atoms with Gasteiger partial charge in [-0.15, -0.1) is 0 Å². The standard InChI is InChI=1S/C13H24N2O2/c1-9(8-16)7-14-13(17)6-10-4-11-2-3-12(5-10)15-11/h9-12,15-16H,2-8H2,1H3,(H,14,17). The zero-order valence-electron chi connectivity index (χ0n) is 10.6. The zero-order valence-corrected chi connectivity index (χ0v) is 10.6. The van der Waals surface area contributed by atoms with Crippen molar-refractivity contribution in [1.29, 1.82) is 0 Å². The van der Waals surface area contributed by atoms with Crippen LogP contribution >= 0.6 is 0 Å². The highest BCUT2D eigenvalue weighted by Gasteiger charge is 2.34. The number of hydrogen-bond donors (Lipinski definition) is 3. The van der Waals surface area contributed by atoms with Crippen LogP contribution in [0.1, 0.15) is 39.0 Å². The van der Waals surface area contributed by atoms with Crippen molar-refractivity contribution in [2.45, 2.75) is 51.1 Å². The fourth-order valence-electron chi connectivity index (χ4n) is 3.03. The second-order valence-corrected chi connectivity index (χ2v) is 5.77. The Balaban J connectivity index is 1.68. The van der Waals surface area contributed by atoms with Crippen LogP contribution < -0.4 is 10.6 Å². The summed E-state index contributed by atoms with van der Waals surface area (Å²) in [5, 5.41) is 15.4. The van der Waals surface area contributed by atoms with Gasteiger partial charge in [-0.05, 0) is 37.5 Å². The molecular weight excluding hydrogens is 216 g/mol. The molecule has 0 saturated carbocycles. The van der Waals surface area contributed by atoms with Crippen molar-refractivity contribution < 1.29 is 9.90 Å². The number of amides is 1. The normalized spacial score (nSPS) is 33.4. The minimum absolute atomic E-state index is 0.137. The predicted molar refractivity (Wildman–Crippen MR) is 66.5 cm³/mol. The molecule has 2 bridgehead atoms. The lowest BCUT2D eigenvalue weighted by atomic mass is 9.89. The quantitative estimate of drug-likeness (QED) is 0.661. The number of piperidine rings is 1. The lowest BCUT2D eigenvalue weighted by Gasteiger charge is -2.28. The first-order chi connectivity index (χ1) is 8.17. The van der Waals surface area contributed by atoms with E-state index in [4.69, 9.17) is 5.11 Å². The van der Waals surface area contributed by atoms with Gasteiger partial charge < -0.3 is 15.7 Å². The monoisotopic (exact) mass is 240 g/mol. The first kappa shape index (κ1) is 12.8. The van der Waals surface area contributed by atoms with E-state index in [1.807, 2.05) is 6.92 Å². The fourth-order valence-corrected chi connectivity index (χ4v) is 3.03. The molecule has 4 nitrogen and oxygen atoms in total. The number of carbonyl (C=O) groups excluding carboxylic acids is 1. The highest BCUT2D eigenvalue weighted by molar-refractivity contribution is 5.76. The van der Waals surface area contributed by atoms with Crippen LogP contribution in [0.3, 0.4) is 0 Å². The highest BCUT2D eigenvalue weighted by Crippen LogP contribution is 2.32. The van der Waals surface area contributed by atoms with Crippen molar-refractivity contribution in [3.63, 3.8) is 0 Å². The summed E-state index contributed by atoms with van der Waals surface area (Å²) in [5.41, 5.74) is 0. The van der Waals surface area contributed by atoms with Crippen LogP contribution in [0.25, 0.3) is 0 Å². The maximum absolute atomic E-state index is 11.8. The van der Waals surface area contributed by atoms with Gasteiger partial charge in [0.05, 0.1) is 0 Å². The molecule has 2 heterocycles. The third-order valence-electron chi connectivity index (χ3n) is 4.00. The Hall–Kier alpha value is -0.610. The summed E-state index contributed by atoms with van der Waals surface area (Å²) in [6.07, 6.45) is 5.53. The second kappa shape index (κ2) is 5.83. The van der Waals surface area contributed by atoms with Gasteiger partial charge in [-0.2, -0.15) is 0 Å².